The van der Waals surface area contributed by atoms with Gasteiger partial charge in [0.15, 0.2) is 11.5 Å². The molecule has 0 aromatic heterocycles. The van der Waals surface area contributed by atoms with Crippen LogP contribution in [0.25, 0.3) is 11.6 Å². The highest BCUT2D eigenvalue weighted by Crippen LogP contribution is 2.34. The number of aryl methyl sites for hydroxylation is 1. The normalized spacial score (nSPS) is 16.6. The Labute approximate surface area is 186 Å². The minimum absolute atomic E-state index is 0.139. The summed E-state index contributed by atoms with van der Waals surface area (Å²) in [5.74, 6) is 1.33. The summed E-state index contributed by atoms with van der Waals surface area (Å²) in [5.41, 5.74) is 5.92. The fourth-order valence-electron chi connectivity index (χ4n) is 3.81. The lowest BCUT2D eigenvalue weighted by Gasteiger charge is -2.13. The van der Waals surface area contributed by atoms with Crippen LogP contribution >= 0.6 is 0 Å². The van der Waals surface area contributed by atoms with Gasteiger partial charge in [-0.25, -0.2) is 0 Å². The molecule has 3 aromatic carbocycles. The number of benzene rings is 3. The van der Waals surface area contributed by atoms with Crippen LogP contribution in [0.5, 0.6) is 11.5 Å². The molecule has 32 heavy (non-hydrogen) atoms. The first-order chi connectivity index (χ1) is 15.6. The standard InChI is InChI=1S/C27H22N2O3/c1-18-8-12-21(13-9-18)23(14-10-20-11-15-24-25(16-20)32-17-31-24)26-19(2)28-29(27(26)30)22-6-4-3-5-7-22/h3-16H,17H2,1-2H3. The van der Waals surface area contributed by atoms with Crippen LogP contribution in [-0.4, -0.2) is 18.4 Å². The number of fused-ring (bicyclic) bond motifs is 1. The zero-order valence-corrected chi connectivity index (χ0v) is 17.9. The molecule has 0 fully saturated rings. The van der Waals surface area contributed by atoms with E-state index in [1.54, 1.807) is 0 Å². The van der Waals surface area contributed by atoms with E-state index in [1.165, 1.54) is 5.01 Å². The second kappa shape index (κ2) is 8.19. The second-order valence-electron chi connectivity index (χ2n) is 7.74. The van der Waals surface area contributed by atoms with Gasteiger partial charge in [0, 0.05) is 0 Å². The van der Waals surface area contributed by atoms with E-state index >= 15 is 0 Å². The van der Waals surface area contributed by atoms with Crippen LogP contribution in [0.2, 0.25) is 0 Å². The maximum atomic E-state index is 13.4. The van der Waals surface area contributed by atoms with Crippen LogP contribution in [0.3, 0.4) is 0 Å². The predicted octanol–water partition coefficient (Wildman–Crippen LogP) is 5.61. The molecule has 5 heteroatoms. The van der Waals surface area contributed by atoms with Crippen molar-refractivity contribution in [2.24, 2.45) is 5.10 Å². The van der Waals surface area contributed by atoms with Gasteiger partial charge in [0.2, 0.25) is 6.79 Å². The lowest BCUT2D eigenvalue weighted by Crippen LogP contribution is -2.21. The van der Waals surface area contributed by atoms with Gasteiger partial charge in [0.25, 0.3) is 5.91 Å². The van der Waals surface area contributed by atoms with Crippen molar-refractivity contribution in [2.75, 3.05) is 11.8 Å². The maximum absolute atomic E-state index is 13.4. The monoisotopic (exact) mass is 422 g/mol. The Hall–Kier alpha value is -4.12. The first-order valence-electron chi connectivity index (χ1n) is 10.4. The summed E-state index contributed by atoms with van der Waals surface area (Å²) >= 11 is 0. The zero-order valence-electron chi connectivity index (χ0n) is 17.9. The Kier molecular flexibility index (Phi) is 5.07. The van der Waals surface area contributed by atoms with E-state index in [0.29, 0.717) is 11.3 Å². The Bertz CT molecular complexity index is 1270. The Balaban J connectivity index is 1.58. The summed E-state index contributed by atoms with van der Waals surface area (Å²) in [6.07, 6.45) is 3.96. The molecule has 1 amide bonds. The molecule has 5 nitrogen and oxygen atoms in total. The number of carbonyl (C=O) groups is 1. The molecule has 0 bridgehead atoms. The molecule has 2 aliphatic rings. The Morgan fingerprint density at radius 1 is 0.938 bits per heavy atom. The van der Waals surface area contributed by atoms with Crippen LogP contribution in [0.1, 0.15) is 23.6 Å². The SMILES string of the molecule is CC1=NN(c2ccccc2)C(=O)C1=C(C=Cc1ccc2c(c1)OCO2)c1ccc(C)cc1. The van der Waals surface area contributed by atoms with Gasteiger partial charge in [0.05, 0.1) is 17.0 Å². The molecule has 0 radical (unpaired) electrons. The van der Waals surface area contributed by atoms with Crippen LogP contribution in [0.4, 0.5) is 5.69 Å². The van der Waals surface area contributed by atoms with Crippen LogP contribution in [0.15, 0.2) is 89.5 Å². The van der Waals surface area contributed by atoms with Crippen molar-refractivity contribution in [3.05, 3.63) is 101 Å². The summed E-state index contributed by atoms with van der Waals surface area (Å²) in [4.78, 5) is 13.4. The number of hydrogen-bond donors (Lipinski definition) is 0. The molecule has 0 atom stereocenters. The number of hydrazone groups is 1. The number of amides is 1. The molecular formula is C27H22N2O3. The van der Waals surface area contributed by atoms with E-state index in [0.717, 1.165) is 39.4 Å². The highest BCUT2D eigenvalue weighted by atomic mass is 16.7. The van der Waals surface area contributed by atoms with E-state index < -0.39 is 0 Å². The van der Waals surface area contributed by atoms with Crippen molar-refractivity contribution in [2.45, 2.75) is 13.8 Å². The molecule has 0 saturated heterocycles. The Morgan fingerprint density at radius 3 is 2.47 bits per heavy atom. The average molecular weight is 422 g/mol. The van der Waals surface area contributed by atoms with E-state index in [-0.39, 0.29) is 12.7 Å². The van der Waals surface area contributed by atoms with Crippen molar-refractivity contribution in [3.63, 3.8) is 0 Å². The van der Waals surface area contributed by atoms with Crippen LogP contribution in [0, 0.1) is 6.92 Å². The third-order valence-electron chi connectivity index (χ3n) is 5.49. The highest BCUT2D eigenvalue weighted by molar-refractivity contribution is 6.34. The molecular weight excluding hydrogens is 400 g/mol. The van der Waals surface area contributed by atoms with E-state index in [2.05, 4.69) is 5.10 Å². The summed E-state index contributed by atoms with van der Waals surface area (Å²) < 4.78 is 10.9. The van der Waals surface area contributed by atoms with Gasteiger partial charge < -0.3 is 9.47 Å². The highest BCUT2D eigenvalue weighted by Gasteiger charge is 2.31. The number of hydrogen-bond acceptors (Lipinski definition) is 4. The molecule has 0 unspecified atom stereocenters. The molecule has 158 valence electrons. The first kappa shape index (κ1) is 19.8. The molecule has 3 aromatic rings. The zero-order chi connectivity index (χ0) is 22.1. The van der Waals surface area contributed by atoms with Gasteiger partial charge in [-0.3, -0.25) is 4.79 Å². The minimum Gasteiger partial charge on any atom is -0.454 e. The fraction of sp³-hybridized carbons (Fsp3) is 0.111. The van der Waals surface area contributed by atoms with E-state index in [9.17, 15) is 4.79 Å². The van der Waals surface area contributed by atoms with Crippen molar-refractivity contribution in [1.29, 1.82) is 0 Å². The van der Waals surface area contributed by atoms with E-state index in [4.69, 9.17) is 9.47 Å². The van der Waals surface area contributed by atoms with Gasteiger partial charge in [-0.15, -0.1) is 0 Å². The van der Waals surface area contributed by atoms with E-state index in [1.807, 2.05) is 98.8 Å². The number of nitrogens with zero attached hydrogens (tertiary/aromatic N) is 2. The van der Waals surface area contributed by atoms with Crippen molar-refractivity contribution < 1.29 is 14.3 Å². The number of ether oxygens (including phenoxy) is 2. The van der Waals surface area contributed by atoms with Gasteiger partial charge in [0.1, 0.15) is 0 Å². The van der Waals surface area contributed by atoms with Crippen molar-refractivity contribution >= 4 is 29.0 Å². The number of allylic oxidation sites excluding steroid dienone is 2. The lowest BCUT2D eigenvalue weighted by atomic mass is 9.95. The number of para-hydroxylation sites is 1. The third-order valence-corrected chi connectivity index (χ3v) is 5.49. The molecule has 0 saturated carbocycles. The molecule has 2 heterocycles. The van der Waals surface area contributed by atoms with Crippen LogP contribution in [-0.2, 0) is 4.79 Å². The first-order valence-corrected chi connectivity index (χ1v) is 10.4. The maximum Gasteiger partial charge on any atom is 0.281 e. The quantitative estimate of drug-likeness (QED) is 0.513. The summed E-state index contributed by atoms with van der Waals surface area (Å²) in [6, 6.07) is 23.4. The molecule has 0 N–H and O–H groups in total. The predicted molar refractivity (Wildman–Crippen MR) is 127 cm³/mol. The molecule has 0 spiro atoms. The van der Waals surface area contributed by atoms with Gasteiger partial charge in [-0.1, -0.05) is 66.2 Å². The smallest absolute Gasteiger partial charge is 0.281 e. The van der Waals surface area contributed by atoms with Gasteiger partial charge in [-0.05, 0) is 54.8 Å². The minimum atomic E-state index is -0.139. The fourth-order valence-corrected chi connectivity index (χ4v) is 3.81. The number of carbonyl (C=O) groups excluding carboxylic acids is 1. The lowest BCUT2D eigenvalue weighted by molar-refractivity contribution is -0.114. The Morgan fingerprint density at radius 2 is 1.69 bits per heavy atom. The number of anilines is 1. The largest absolute Gasteiger partial charge is 0.454 e. The average Bonchev–Trinajstić information content (AvgIpc) is 3.40. The summed E-state index contributed by atoms with van der Waals surface area (Å²) in [5, 5.41) is 6.03. The molecule has 2 aliphatic heterocycles. The van der Waals surface area contributed by atoms with Gasteiger partial charge in [-0.2, -0.15) is 10.1 Å². The summed E-state index contributed by atoms with van der Waals surface area (Å²) in [7, 11) is 0. The van der Waals surface area contributed by atoms with Crippen molar-refractivity contribution in [3.8, 4) is 11.5 Å². The van der Waals surface area contributed by atoms with Crippen LogP contribution < -0.4 is 14.5 Å². The van der Waals surface area contributed by atoms with Crippen molar-refractivity contribution in [1.82, 2.24) is 0 Å². The molecule has 0 aliphatic carbocycles. The topological polar surface area (TPSA) is 51.1 Å². The van der Waals surface area contributed by atoms with Gasteiger partial charge >= 0.3 is 0 Å². The second-order valence-corrected chi connectivity index (χ2v) is 7.74. The third kappa shape index (κ3) is 3.69. The molecule has 5 rings (SSSR count). The summed E-state index contributed by atoms with van der Waals surface area (Å²) in [6.45, 7) is 4.16. The number of rotatable bonds is 4.